The molecule has 0 bridgehead atoms. The summed E-state index contributed by atoms with van der Waals surface area (Å²) in [4.78, 5) is 0. The third kappa shape index (κ3) is 4.98. The predicted octanol–water partition coefficient (Wildman–Crippen LogP) is 5.24. The number of benzene rings is 3. The van der Waals surface area contributed by atoms with E-state index < -0.39 is 14.4 Å². The van der Waals surface area contributed by atoms with E-state index in [1.54, 1.807) is 0 Å². The Balaban J connectivity index is 1.81. The highest BCUT2D eigenvalue weighted by molar-refractivity contribution is 6.99. The first-order valence-electron chi connectivity index (χ1n) is 10.6. The van der Waals surface area contributed by atoms with E-state index in [4.69, 9.17) is 4.43 Å². The molecule has 2 nitrogen and oxygen atoms in total. The van der Waals surface area contributed by atoms with Crippen LogP contribution in [-0.4, -0.2) is 20.0 Å². The van der Waals surface area contributed by atoms with E-state index in [1.807, 2.05) is 42.5 Å². The van der Waals surface area contributed by atoms with E-state index in [-0.39, 0.29) is 5.04 Å². The Kier molecular flexibility index (Phi) is 7.43. The number of hydrogen-bond acceptors (Lipinski definition) is 2. The monoisotopic (exact) mass is 416 g/mol. The van der Waals surface area contributed by atoms with Crippen molar-refractivity contribution in [2.24, 2.45) is 0 Å². The summed E-state index contributed by atoms with van der Waals surface area (Å²) in [6.45, 7) is 7.47. The van der Waals surface area contributed by atoms with Crippen molar-refractivity contribution in [2.75, 3.05) is 6.61 Å². The second-order valence-corrected chi connectivity index (χ2v) is 12.9. The molecule has 0 saturated carbocycles. The zero-order valence-corrected chi connectivity index (χ0v) is 19.2. The lowest BCUT2D eigenvalue weighted by atomic mass is 10.1. The summed E-state index contributed by atoms with van der Waals surface area (Å²) in [6, 6.07) is 31.1. The van der Waals surface area contributed by atoms with Crippen LogP contribution in [0.25, 0.3) is 0 Å². The normalized spacial score (nSPS) is 13.5. The van der Waals surface area contributed by atoms with Crippen molar-refractivity contribution in [3.8, 4) is 0 Å². The molecule has 0 amide bonds. The largest absolute Gasteiger partial charge is 0.407 e. The van der Waals surface area contributed by atoms with E-state index in [0.717, 1.165) is 12.0 Å². The van der Waals surface area contributed by atoms with Gasteiger partial charge in [-0.05, 0) is 27.4 Å². The zero-order valence-electron chi connectivity index (χ0n) is 18.2. The summed E-state index contributed by atoms with van der Waals surface area (Å²) in [6.07, 6.45) is 4.05. The average Bonchev–Trinajstić information content (AvgIpc) is 2.77. The lowest BCUT2D eigenvalue weighted by Gasteiger charge is -2.43. The molecule has 3 aromatic rings. The molecule has 3 rings (SSSR count). The first kappa shape index (κ1) is 22.2. The number of hydrogen-bond donors (Lipinski definition) is 1. The van der Waals surface area contributed by atoms with Crippen LogP contribution in [0, 0.1) is 0 Å². The maximum atomic E-state index is 10.3. The van der Waals surface area contributed by atoms with Gasteiger partial charge in [-0.25, -0.2) is 0 Å². The van der Waals surface area contributed by atoms with Crippen LogP contribution in [0.5, 0.6) is 0 Å². The lowest BCUT2D eigenvalue weighted by molar-refractivity contribution is 0.228. The quantitative estimate of drug-likeness (QED) is 0.309. The van der Waals surface area contributed by atoms with Gasteiger partial charge in [-0.1, -0.05) is 124 Å². The molecule has 30 heavy (non-hydrogen) atoms. The van der Waals surface area contributed by atoms with Gasteiger partial charge in [0.25, 0.3) is 8.32 Å². The van der Waals surface area contributed by atoms with Crippen molar-refractivity contribution in [1.29, 1.82) is 0 Å². The second-order valence-electron chi connectivity index (χ2n) is 8.58. The van der Waals surface area contributed by atoms with E-state index in [9.17, 15) is 5.11 Å². The minimum Gasteiger partial charge on any atom is -0.407 e. The van der Waals surface area contributed by atoms with Gasteiger partial charge < -0.3 is 9.53 Å². The summed E-state index contributed by atoms with van der Waals surface area (Å²) in [5.41, 5.74) is 0.904. The molecular formula is C27H32O2Si. The van der Waals surface area contributed by atoms with Crippen LogP contribution >= 0.6 is 0 Å². The highest BCUT2D eigenvalue weighted by atomic mass is 28.4. The van der Waals surface area contributed by atoms with Crippen LogP contribution in [0.2, 0.25) is 5.04 Å². The number of aliphatic hydroxyl groups is 1. The smallest absolute Gasteiger partial charge is 0.261 e. The van der Waals surface area contributed by atoms with Crippen LogP contribution in [0.1, 0.15) is 38.9 Å². The fourth-order valence-electron chi connectivity index (χ4n) is 4.03. The van der Waals surface area contributed by atoms with Crippen molar-refractivity contribution in [1.82, 2.24) is 0 Å². The molecule has 0 radical (unpaired) electrons. The van der Waals surface area contributed by atoms with Gasteiger partial charge in [0.05, 0.1) is 6.10 Å². The van der Waals surface area contributed by atoms with Crippen molar-refractivity contribution in [3.63, 3.8) is 0 Å². The molecule has 0 spiro atoms. The molecule has 0 aliphatic carbocycles. The Hall–Kier alpha value is -2.46. The molecule has 1 N–H and O–H groups in total. The van der Waals surface area contributed by atoms with Crippen LogP contribution in [0.15, 0.2) is 103 Å². The Bertz CT molecular complexity index is 876. The van der Waals surface area contributed by atoms with Gasteiger partial charge in [-0.2, -0.15) is 0 Å². The first-order chi connectivity index (χ1) is 14.4. The summed E-state index contributed by atoms with van der Waals surface area (Å²) in [5, 5.41) is 12.9. The Morgan fingerprint density at radius 3 is 1.73 bits per heavy atom. The minimum atomic E-state index is -2.49. The molecular weight excluding hydrogens is 384 g/mol. The van der Waals surface area contributed by atoms with E-state index >= 15 is 0 Å². The minimum absolute atomic E-state index is 0.0248. The molecule has 3 heteroatoms. The van der Waals surface area contributed by atoms with E-state index in [0.29, 0.717) is 6.61 Å². The molecule has 0 fully saturated rings. The third-order valence-electron chi connectivity index (χ3n) is 5.48. The highest BCUT2D eigenvalue weighted by Gasteiger charge is 2.49. The van der Waals surface area contributed by atoms with E-state index in [2.05, 4.69) is 81.4 Å². The molecule has 1 atom stereocenters. The van der Waals surface area contributed by atoms with Gasteiger partial charge in [-0.3, -0.25) is 0 Å². The van der Waals surface area contributed by atoms with Crippen molar-refractivity contribution in [2.45, 2.75) is 38.3 Å². The van der Waals surface area contributed by atoms with E-state index in [1.165, 1.54) is 10.4 Å². The fraction of sp³-hybridized carbons (Fsp3) is 0.259. The SMILES string of the molecule is CC(C)(C)[Si](OCC/C=C/C(O)c1ccccc1)(c1ccccc1)c1ccccc1. The van der Waals surface area contributed by atoms with Crippen molar-refractivity contribution < 1.29 is 9.53 Å². The summed E-state index contributed by atoms with van der Waals surface area (Å²) in [7, 11) is -2.49. The maximum Gasteiger partial charge on any atom is 0.261 e. The topological polar surface area (TPSA) is 29.5 Å². The van der Waals surface area contributed by atoms with Crippen molar-refractivity contribution >= 4 is 18.7 Å². The molecule has 3 aromatic carbocycles. The lowest BCUT2D eigenvalue weighted by Crippen LogP contribution is -2.66. The predicted molar refractivity (Wildman–Crippen MR) is 129 cm³/mol. The van der Waals surface area contributed by atoms with Gasteiger partial charge in [0.15, 0.2) is 0 Å². The molecule has 0 saturated heterocycles. The van der Waals surface area contributed by atoms with Gasteiger partial charge in [0.1, 0.15) is 0 Å². The summed E-state index contributed by atoms with van der Waals surface area (Å²) in [5.74, 6) is 0. The van der Waals surface area contributed by atoms with Crippen LogP contribution < -0.4 is 10.4 Å². The maximum absolute atomic E-state index is 10.3. The molecule has 156 valence electrons. The molecule has 0 aliphatic rings. The molecule has 0 aliphatic heterocycles. The van der Waals surface area contributed by atoms with Crippen molar-refractivity contribution in [3.05, 3.63) is 109 Å². The molecule has 1 unspecified atom stereocenters. The Labute approximate surface area is 182 Å². The number of aliphatic hydroxyl groups excluding tert-OH is 1. The Morgan fingerprint density at radius 1 is 0.800 bits per heavy atom. The Morgan fingerprint density at radius 2 is 1.27 bits per heavy atom. The fourth-order valence-corrected chi connectivity index (χ4v) is 8.61. The zero-order chi connectivity index (χ0) is 21.5. The average molecular weight is 417 g/mol. The highest BCUT2D eigenvalue weighted by Crippen LogP contribution is 2.36. The van der Waals surface area contributed by atoms with Crippen LogP contribution in [0.4, 0.5) is 0 Å². The van der Waals surface area contributed by atoms with Gasteiger partial charge >= 0.3 is 0 Å². The summed E-state index contributed by atoms with van der Waals surface area (Å²) < 4.78 is 6.86. The molecule has 0 heterocycles. The summed E-state index contributed by atoms with van der Waals surface area (Å²) >= 11 is 0. The van der Waals surface area contributed by atoms with Gasteiger partial charge in [-0.15, -0.1) is 0 Å². The van der Waals surface area contributed by atoms with Gasteiger partial charge in [0, 0.05) is 6.61 Å². The second kappa shape index (κ2) is 10.0. The van der Waals surface area contributed by atoms with Crippen LogP contribution in [0.3, 0.4) is 0 Å². The molecule has 0 aromatic heterocycles. The number of rotatable bonds is 8. The van der Waals surface area contributed by atoms with Gasteiger partial charge in [0.2, 0.25) is 0 Å². The third-order valence-corrected chi connectivity index (χ3v) is 10.5. The standard InChI is InChI=1S/C27H32O2Si/c1-27(2,3)30(24-17-9-5-10-18-24,25-19-11-6-12-20-25)29-22-14-13-21-26(28)23-15-7-4-8-16-23/h4-13,15-21,26,28H,14,22H2,1-3H3/b21-13+. The first-order valence-corrected chi connectivity index (χ1v) is 12.5. The van der Waals surface area contributed by atoms with Crippen LogP contribution in [-0.2, 0) is 4.43 Å².